The first-order valence-electron chi connectivity index (χ1n) is 5.14. The largest absolute Gasteiger partial charge is 0.586 e. The van der Waals surface area contributed by atoms with E-state index in [1.165, 1.54) is 16.8 Å². The lowest BCUT2D eigenvalue weighted by atomic mass is 10.1. The SMILES string of the molecule is Cn1ncc(-c2ccc3c(c2)OC(F)(F)O3)c1N. The highest BCUT2D eigenvalue weighted by Crippen LogP contribution is 2.43. The number of nitrogens with zero attached hydrogens (tertiary/aromatic N) is 2. The van der Waals surface area contributed by atoms with E-state index < -0.39 is 6.29 Å². The average Bonchev–Trinajstić information content (AvgIpc) is 2.77. The van der Waals surface area contributed by atoms with Gasteiger partial charge in [-0.2, -0.15) is 5.10 Å². The molecule has 1 aromatic carbocycles. The normalized spacial score (nSPS) is 15.9. The summed E-state index contributed by atoms with van der Waals surface area (Å²) < 4.78 is 35.9. The molecule has 7 heteroatoms. The Hall–Kier alpha value is -2.31. The first-order chi connectivity index (χ1) is 8.46. The van der Waals surface area contributed by atoms with Crippen molar-refractivity contribution in [1.29, 1.82) is 0 Å². The number of fused-ring (bicyclic) bond motifs is 1. The molecule has 18 heavy (non-hydrogen) atoms. The van der Waals surface area contributed by atoms with Gasteiger partial charge in [-0.15, -0.1) is 8.78 Å². The first kappa shape index (κ1) is 10.8. The molecular weight excluding hydrogens is 244 g/mol. The van der Waals surface area contributed by atoms with Crippen molar-refractivity contribution < 1.29 is 18.3 Å². The topological polar surface area (TPSA) is 62.3 Å². The van der Waals surface area contributed by atoms with Crippen LogP contribution >= 0.6 is 0 Å². The standard InChI is InChI=1S/C11H9F2N3O2/c1-16-10(14)7(5-15-16)6-2-3-8-9(4-6)18-11(12,13)17-8/h2-5H,14H2,1H3. The molecule has 0 fully saturated rings. The molecule has 0 saturated heterocycles. The predicted molar refractivity (Wildman–Crippen MR) is 59.3 cm³/mol. The zero-order valence-electron chi connectivity index (χ0n) is 9.35. The lowest BCUT2D eigenvalue weighted by Crippen LogP contribution is -2.25. The van der Waals surface area contributed by atoms with Crippen LogP contribution in [0.2, 0.25) is 0 Å². The minimum Gasteiger partial charge on any atom is -0.395 e. The molecule has 5 nitrogen and oxygen atoms in total. The van der Waals surface area contributed by atoms with E-state index in [1.54, 1.807) is 19.3 Å². The third-order valence-electron chi connectivity index (χ3n) is 2.70. The summed E-state index contributed by atoms with van der Waals surface area (Å²) in [5.41, 5.74) is 7.10. The van der Waals surface area contributed by atoms with Crippen LogP contribution in [-0.2, 0) is 7.05 Å². The Kier molecular flexibility index (Phi) is 2.01. The number of aryl methyl sites for hydroxylation is 1. The van der Waals surface area contributed by atoms with Crippen LogP contribution in [-0.4, -0.2) is 16.1 Å². The molecule has 0 amide bonds. The third kappa shape index (κ3) is 1.55. The van der Waals surface area contributed by atoms with Crippen LogP contribution in [0, 0.1) is 0 Å². The van der Waals surface area contributed by atoms with Gasteiger partial charge < -0.3 is 15.2 Å². The number of aromatic nitrogens is 2. The monoisotopic (exact) mass is 253 g/mol. The van der Waals surface area contributed by atoms with E-state index in [0.717, 1.165) is 0 Å². The van der Waals surface area contributed by atoms with E-state index in [4.69, 9.17) is 5.73 Å². The third-order valence-corrected chi connectivity index (χ3v) is 2.70. The molecule has 1 aliphatic rings. The van der Waals surface area contributed by atoms with E-state index in [-0.39, 0.29) is 11.5 Å². The molecule has 0 aliphatic carbocycles. The minimum atomic E-state index is -3.61. The Bertz CT molecular complexity index is 625. The van der Waals surface area contributed by atoms with Gasteiger partial charge in [0.15, 0.2) is 11.5 Å². The van der Waals surface area contributed by atoms with Gasteiger partial charge >= 0.3 is 6.29 Å². The van der Waals surface area contributed by atoms with Crippen LogP contribution in [0.3, 0.4) is 0 Å². The second-order valence-corrected chi connectivity index (χ2v) is 3.90. The maximum absolute atomic E-state index is 12.9. The van der Waals surface area contributed by atoms with Gasteiger partial charge in [0.05, 0.1) is 6.20 Å². The highest BCUT2D eigenvalue weighted by molar-refractivity contribution is 5.75. The molecule has 0 unspecified atom stereocenters. The van der Waals surface area contributed by atoms with Gasteiger partial charge in [0.25, 0.3) is 0 Å². The fourth-order valence-corrected chi connectivity index (χ4v) is 1.79. The van der Waals surface area contributed by atoms with Gasteiger partial charge in [-0.1, -0.05) is 6.07 Å². The van der Waals surface area contributed by atoms with Crippen molar-refractivity contribution in [2.75, 3.05) is 5.73 Å². The van der Waals surface area contributed by atoms with Crippen LogP contribution in [0.4, 0.5) is 14.6 Å². The van der Waals surface area contributed by atoms with Crippen molar-refractivity contribution in [1.82, 2.24) is 9.78 Å². The molecule has 1 aliphatic heterocycles. The Balaban J connectivity index is 2.05. The summed E-state index contributed by atoms with van der Waals surface area (Å²) in [6.07, 6.45) is -2.05. The predicted octanol–water partition coefficient (Wildman–Crippen LogP) is 1.99. The molecule has 0 spiro atoms. The van der Waals surface area contributed by atoms with Crippen LogP contribution < -0.4 is 15.2 Å². The highest BCUT2D eigenvalue weighted by Gasteiger charge is 2.43. The number of halogens is 2. The van der Waals surface area contributed by atoms with E-state index in [1.807, 2.05) is 0 Å². The van der Waals surface area contributed by atoms with Gasteiger partial charge in [-0.05, 0) is 17.7 Å². The molecule has 0 saturated carbocycles. The van der Waals surface area contributed by atoms with E-state index in [0.29, 0.717) is 16.9 Å². The Morgan fingerprint density at radius 3 is 2.67 bits per heavy atom. The molecular formula is C11H9F2N3O2. The quantitative estimate of drug-likeness (QED) is 0.844. The summed E-state index contributed by atoms with van der Waals surface area (Å²) in [5.74, 6) is 0.438. The molecule has 0 bridgehead atoms. The smallest absolute Gasteiger partial charge is 0.395 e. The van der Waals surface area contributed by atoms with E-state index in [2.05, 4.69) is 14.6 Å². The fourth-order valence-electron chi connectivity index (χ4n) is 1.79. The number of nitrogen functional groups attached to an aromatic ring is 1. The average molecular weight is 253 g/mol. The number of anilines is 1. The summed E-state index contributed by atoms with van der Waals surface area (Å²) in [6.45, 7) is 0. The van der Waals surface area contributed by atoms with Crippen LogP contribution in [0.5, 0.6) is 11.5 Å². The number of hydrogen-bond donors (Lipinski definition) is 1. The van der Waals surface area contributed by atoms with E-state index in [9.17, 15) is 8.78 Å². The molecule has 2 aromatic rings. The summed E-state index contributed by atoms with van der Waals surface area (Å²) in [6, 6.07) is 4.48. The summed E-state index contributed by atoms with van der Waals surface area (Å²) in [5, 5.41) is 3.99. The van der Waals surface area contributed by atoms with Crippen molar-refractivity contribution in [2.24, 2.45) is 7.05 Å². The molecule has 3 rings (SSSR count). The fraction of sp³-hybridized carbons (Fsp3) is 0.182. The van der Waals surface area contributed by atoms with Crippen molar-refractivity contribution in [2.45, 2.75) is 6.29 Å². The molecule has 1 aromatic heterocycles. The zero-order chi connectivity index (χ0) is 12.9. The van der Waals surface area contributed by atoms with Gasteiger partial charge in [-0.25, -0.2) is 0 Å². The number of ether oxygens (including phenoxy) is 2. The lowest BCUT2D eigenvalue weighted by molar-refractivity contribution is -0.286. The number of rotatable bonds is 1. The van der Waals surface area contributed by atoms with Gasteiger partial charge in [-0.3, -0.25) is 4.68 Å². The molecule has 2 N–H and O–H groups in total. The molecule has 0 radical (unpaired) electrons. The minimum absolute atomic E-state index is 0.00575. The summed E-state index contributed by atoms with van der Waals surface area (Å²) >= 11 is 0. The molecule has 2 heterocycles. The number of benzene rings is 1. The maximum atomic E-state index is 12.9. The van der Waals surface area contributed by atoms with Crippen molar-refractivity contribution >= 4 is 5.82 Å². The summed E-state index contributed by atoms with van der Waals surface area (Å²) in [4.78, 5) is 0. The van der Waals surface area contributed by atoms with Crippen molar-refractivity contribution in [3.05, 3.63) is 24.4 Å². The van der Waals surface area contributed by atoms with Crippen molar-refractivity contribution in [3.8, 4) is 22.6 Å². The Labute approximate surface area is 101 Å². The first-order valence-corrected chi connectivity index (χ1v) is 5.14. The lowest BCUT2D eigenvalue weighted by Gasteiger charge is -2.04. The molecule has 0 atom stereocenters. The van der Waals surface area contributed by atoms with Gasteiger partial charge in [0.2, 0.25) is 0 Å². The van der Waals surface area contributed by atoms with Gasteiger partial charge in [0.1, 0.15) is 5.82 Å². The van der Waals surface area contributed by atoms with Crippen LogP contribution in [0.15, 0.2) is 24.4 Å². The van der Waals surface area contributed by atoms with Crippen molar-refractivity contribution in [3.63, 3.8) is 0 Å². The number of hydrogen-bond acceptors (Lipinski definition) is 4. The Morgan fingerprint density at radius 1 is 1.28 bits per heavy atom. The maximum Gasteiger partial charge on any atom is 0.586 e. The zero-order valence-corrected chi connectivity index (χ0v) is 9.35. The second-order valence-electron chi connectivity index (χ2n) is 3.90. The van der Waals surface area contributed by atoms with E-state index >= 15 is 0 Å². The Morgan fingerprint density at radius 2 is 2.00 bits per heavy atom. The number of alkyl halides is 2. The highest BCUT2D eigenvalue weighted by atomic mass is 19.3. The molecule has 94 valence electrons. The van der Waals surface area contributed by atoms with Crippen LogP contribution in [0.25, 0.3) is 11.1 Å². The second kappa shape index (κ2) is 3.34. The summed E-state index contributed by atoms with van der Waals surface area (Å²) in [7, 11) is 1.69. The van der Waals surface area contributed by atoms with Crippen LogP contribution in [0.1, 0.15) is 0 Å². The van der Waals surface area contributed by atoms with Gasteiger partial charge in [0, 0.05) is 12.6 Å². The number of nitrogens with two attached hydrogens (primary N) is 1.